The zero-order valence-corrected chi connectivity index (χ0v) is 9.52. The second-order valence-corrected chi connectivity index (χ2v) is 4.56. The van der Waals surface area contributed by atoms with Crippen molar-refractivity contribution in [3.05, 3.63) is 17.0 Å². The summed E-state index contributed by atoms with van der Waals surface area (Å²) in [5, 5.41) is 0.876. The first-order valence-corrected chi connectivity index (χ1v) is 5.71. The third-order valence-corrected chi connectivity index (χ3v) is 3.39. The molecule has 1 fully saturated rings. The highest BCUT2D eigenvalue weighted by Crippen LogP contribution is 2.22. The Morgan fingerprint density at radius 3 is 2.36 bits per heavy atom. The van der Waals surface area contributed by atoms with Crippen molar-refractivity contribution in [3.8, 4) is 0 Å². The molecule has 3 nitrogen and oxygen atoms in total. The molecule has 1 unspecified atom stereocenters. The van der Waals surface area contributed by atoms with Gasteiger partial charge in [0.2, 0.25) is 0 Å². The van der Waals surface area contributed by atoms with Gasteiger partial charge in [0.1, 0.15) is 0 Å². The maximum atomic E-state index is 5.14. The number of aromatic nitrogens is 2. The number of hydrogen-bond donors (Lipinski definition) is 0. The molecular formula is C10H14N2OS. The summed E-state index contributed by atoms with van der Waals surface area (Å²) in [5.41, 5.74) is 3.35. The average Bonchev–Trinajstić information content (AvgIpc) is 2.94. The molecule has 4 heteroatoms. The van der Waals surface area contributed by atoms with Crippen molar-refractivity contribution in [1.29, 1.82) is 0 Å². The van der Waals surface area contributed by atoms with E-state index < -0.39 is 0 Å². The van der Waals surface area contributed by atoms with Crippen LogP contribution in [0.2, 0.25) is 0 Å². The Labute approximate surface area is 88.3 Å². The van der Waals surface area contributed by atoms with Crippen LogP contribution in [0.1, 0.15) is 17.0 Å². The van der Waals surface area contributed by atoms with Crippen LogP contribution in [0, 0.1) is 20.8 Å². The minimum absolute atomic E-state index is 0.436. The lowest BCUT2D eigenvalue weighted by atomic mass is 10.2. The van der Waals surface area contributed by atoms with E-state index in [1.807, 2.05) is 13.8 Å². The highest BCUT2D eigenvalue weighted by molar-refractivity contribution is 7.99. The van der Waals surface area contributed by atoms with E-state index in [2.05, 4.69) is 16.9 Å². The smallest absolute Gasteiger partial charge is 0.188 e. The standard InChI is InChI=1S/C10H14N2OS/c1-6-7(2)11-10(12-8(6)3)14-5-9-4-13-9/h9H,4-5H2,1-3H3. The van der Waals surface area contributed by atoms with Crippen molar-refractivity contribution in [2.75, 3.05) is 12.4 Å². The number of hydrogen-bond acceptors (Lipinski definition) is 4. The van der Waals surface area contributed by atoms with Gasteiger partial charge in [-0.05, 0) is 26.3 Å². The molecule has 1 atom stereocenters. The van der Waals surface area contributed by atoms with E-state index >= 15 is 0 Å². The first-order valence-electron chi connectivity index (χ1n) is 4.73. The van der Waals surface area contributed by atoms with Crippen LogP contribution < -0.4 is 0 Å². The largest absolute Gasteiger partial charge is 0.372 e. The van der Waals surface area contributed by atoms with Gasteiger partial charge in [0.05, 0.1) is 12.7 Å². The van der Waals surface area contributed by atoms with Crippen molar-refractivity contribution in [1.82, 2.24) is 9.97 Å². The molecule has 1 saturated heterocycles. The number of thioether (sulfide) groups is 1. The Kier molecular flexibility index (Phi) is 2.74. The quantitative estimate of drug-likeness (QED) is 0.434. The second kappa shape index (κ2) is 3.87. The van der Waals surface area contributed by atoms with Crippen molar-refractivity contribution >= 4 is 11.8 Å². The first kappa shape index (κ1) is 9.93. The monoisotopic (exact) mass is 210 g/mol. The fraction of sp³-hybridized carbons (Fsp3) is 0.600. The molecule has 0 bridgehead atoms. The molecule has 2 rings (SSSR count). The first-order chi connectivity index (χ1) is 6.66. The number of nitrogens with zero attached hydrogens (tertiary/aromatic N) is 2. The molecule has 0 spiro atoms. The Morgan fingerprint density at radius 1 is 1.29 bits per heavy atom. The van der Waals surface area contributed by atoms with Crippen LogP contribution in [0.15, 0.2) is 5.16 Å². The number of aryl methyl sites for hydroxylation is 2. The summed E-state index contributed by atoms with van der Waals surface area (Å²) >= 11 is 1.68. The van der Waals surface area contributed by atoms with E-state index in [0.717, 1.165) is 28.9 Å². The molecule has 1 aromatic heterocycles. The lowest BCUT2D eigenvalue weighted by Gasteiger charge is -2.05. The molecule has 0 radical (unpaired) electrons. The zero-order chi connectivity index (χ0) is 10.1. The van der Waals surface area contributed by atoms with E-state index in [1.165, 1.54) is 5.56 Å². The highest BCUT2D eigenvalue weighted by atomic mass is 32.2. The van der Waals surface area contributed by atoms with Crippen molar-refractivity contribution in [2.24, 2.45) is 0 Å². The second-order valence-electron chi connectivity index (χ2n) is 3.57. The lowest BCUT2D eigenvalue weighted by Crippen LogP contribution is -1.99. The van der Waals surface area contributed by atoms with Crippen LogP contribution in [0.4, 0.5) is 0 Å². The average molecular weight is 210 g/mol. The lowest BCUT2D eigenvalue weighted by molar-refractivity contribution is 0.426. The Hall–Kier alpha value is -0.610. The van der Waals surface area contributed by atoms with Crippen molar-refractivity contribution in [3.63, 3.8) is 0 Å². The Bertz CT molecular complexity index is 327. The minimum atomic E-state index is 0.436. The van der Waals surface area contributed by atoms with Gasteiger partial charge in [-0.1, -0.05) is 11.8 Å². The SMILES string of the molecule is Cc1nc(SCC2CO2)nc(C)c1C. The van der Waals surface area contributed by atoms with Gasteiger partial charge in [0.25, 0.3) is 0 Å². The third kappa shape index (κ3) is 2.25. The fourth-order valence-electron chi connectivity index (χ4n) is 1.14. The maximum Gasteiger partial charge on any atom is 0.188 e. The molecule has 76 valence electrons. The van der Waals surface area contributed by atoms with Crippen LogP contribution in [0.5, 0.6) is 0 Å². The zero-order valence-electron chi connectivity index (χ0n) is 8.70. The van der Waals surface area contributed by atoms with Crippen LogP contribution in [0.3, 0.4) is 0 Å². The molecule has 1 aliphatic heterocycles. The predicted octanol–water partition coefficient (Wildman–Crippen LogP) is 1.89. The topological polar surface area (TPSA) is 38.3 Å². The molecule has 0 amide bonds. The third-order valence-electron chi connectivity index (χ3n) is 2.41. The summed E-state index contributed by atoms with van der Waals surface area (Å²) in [6, 6.07) is 0. The van der Waals surface area contributed by atoms with E-state index in [-0.39, 0.29) is 0 Å². The van der Waals surface area contributed by atoms with Gasteiger partial charge in [-0.25, -0.2) is 9.97 Å². The molecule has 0 saturated carbocycles. The highest BCUT2D eigenvalue weighted by Gasteiger charge is 2.22. The molecular weight excluding hydrogens is 196 g/mol. The van der Waals surface area contributed by atoms with Crippen LogP contribution >= 0.6 is 11.8 Å². The van der Waals surface area contributed by atoms with E-state index in [1.54, 1.807) is 11.8 Å². The number of rotatable bonds is 3. The van der Waals surface area contributed by atoms with Crippen LogP contribution in [-0.2, 0) is 4.74 Å². The summed E-state index contributed by atoms with van der Waals surface area (Å²) in [5.74, 6) is 0.974. The summed E-state index contributed by atoms with van der Waals surface area (Å²) < 4.78 is 5.14. The Morgan fingerprint density at radius 2 is 1.86 bits per heavy atom. The van der Waals surface area contributed by atoms with Crippen molar-refractivity contribution < 1.29 is 4.74 Å². The number of epoxide rings is 1. The summed E-state index contributed by atoms with van der Waals surface area (Å²) in [6.07, 6.45) is 0.436. The summed E-state index contributed by atoms with van der Waals surface area (Å²) in [6.45, 7) is 7.02. The fourth-order valence-corrected chi connectivity index (χ4v) is 2.07. The van der Waals surface area contributed by atoms with E-state index in [9.17, 15) is 0 Å². The van der Waals surface area contributed by atoms with Crippen molar-refractivity contribution in [2.45, 2.75) is 32.0 Å². The number of ether oxygens (including phenoxy) is 1. The van der Waals surface area contributed by atoms with Gasteiger partial charge in [-0.15, -0.1) is 0 Å². The Balaban J connectivity index is 2.08. The molecule has 14 heavy (non-hydrogen) atoms. The van der Waals surface area contributed by atoms with Gasteiger partial charge in [-0.3, -0.25) is 0 Å². The van der Waals surface area contributed by atoms with Gasteiger partial charge >= 0.3 is 0 Å². The maximum absolute atomic E-state index is 5.14. The van der Waals surface area contributed by atoms with E-state index in [0.29, 0.717) is 6.10 Å². The predicted molar refractivity (Wildman–Crippen MR) is 56.7 cm³/mol. The minimum Gasteiger partial charge on any atom is -0.372 e. The molecule has 0 aliphatic carbocycles. The normalized spacial score (nSPS) is 19.8. The van der Waals surface area contributed by atoms with Gasteiger partial charge < -0.3 is 4.74 Å². The van der Waals surface area contributed by atoms with Crippen LogP contribution in [-0.4, -0.2) is 28.4 Å². The molecule has 1 aromatic rings. The molecule has 1 aliphatic rings. The summed E-state index contributed by atoms with van der Waals surface area (Å²) in [7, 11) is 0. The van der Waals surface area contributed by atoms with Gasteiger partial charge in [0, 0.05) is 17.1 Å². The molecule has 0 aromatic carbocycles. The van der Waals surface area contributed by atoms with E-state index in [4.69, 9.17) is 4.74 Å². The molecule has 2 heterocycles. The van der Waals surface area contributed by atoms with Crippen LogP contribution in [0.25, 0.3) is 0 Å². The van der Waals surface area contributed by atoms with Gasteiger partial charge in [-0.2, -0.15) is 0 Å². The summed E-state index contributed by atoms with van der Waals surface area (Å²) in [4.78, 5) is 8.86. The molecule has 0 N–H and O–H groups in total. The van der Waals surface area contributed by atoms with Gasteiger partial charge in [0.15, 0.2) is 5.16 Å².